The van der Waals surface area contributed by atoms with Crippen LogP contribution in [0.15, 0.2) is 18.3 Å². The Labute approximate surface area is 110 Å². The summed E-state index contributed by atoms with van der Waals surface area (Å²) in [5.41, 5.74) is 2.47. The molecule has 0 spiro atoms. The third-order valence-corrected chi connectivity index (χ3v) is 4.45. The van der Waals surface area contributed by atoms with Gasteiger partial charge in [-0.05, 0) is 57.2 Å². The first-order chi connectivity index (χ1) is 8.83. The van der Waals surface area contributed by atoms with E-state index in [2.05, 4.69) is 34.3 Å². The third kappa shape index (κ3) is 2.51. The Bertz CT molecular complexity index is 390. The van der Waals surface area contributed by atoms with Gasteiger partial charge in [0.25, 0.3) is 0 Å². The van der Waals surface area contributed by atoms with Crippen molar-refractivity contribution in [2.75, 3.05) is 24.5 Å². The van der Waals surface area contributed by atoms with Crippen molar-refractivity contribution < 1.29 is 0 Å². The molecule has 98 valence electrons. The zero-order valence-electron chi connectivity index (χ0n) is 11.2. The smallest absolute Gasteiger partial charge is 0.0399 e. The van der Waals surface area contributed by atoms with Gasteiger partial charge in [-0.3, -0.25) is 4.98 Å². The summed E-state index contributed by atoms with van der Waals surface area (Å²) in [5, 5.41) is 3.66. The second-order valence-corrected chi connectivity index (χ2v) is 5.68. The van der Waals surface area contributed by atoms with E-state index in [0.717, 1.165) is 17.7 Å². The third-order valence-electron chi connectivity index (χ3n) is 4.45. The number of aryl methyl sites for hydroxylation is 1. The second-order valence-electron chi connectivity index (χ2n) is 5.68. The topological polar surface area (TPSA) is 28.2 Å². The molecule has 1 N–H and O–H groups in total. The number of nitrogens with one attached hydrogen (secondary N) is 1. The van der Waals surface area contributed by atoms with E-state index in [1.807, 2.05) is 6.20 Å². The molecule has 3 nitrogen and oxygen atoms in total. The molecule has 3 rings (SSSR count). The van der Waals surface area contributed by atoms with Crippen LogP contribution < -0.4 is 10.2 Å². The summed E-state index contributed by atoms with van der Waals surface area (Å²) in [6, 6.07) is 5.14. The molecule has 2 fully saturated rings. The Hall–Kier alpha value is -1.09. The van der Waals surface area contributed by atoms with E-state index in [1.165, 1.54) is 51.0 Å². The average molecular weight is 245 g/mol. The van der Waals surface area contributed by atoms with Gasteiger partial charge < -0.3 is 10.2 Å². The Morgan fingerprint density at radius 1 is 1.28 bits per heavy atom. The second kappa shape index (κ2) is 5.27. The SMILES string of the molecule is Cc1cc(N2CCC(C3CCCN3)CC2)ccn1. The summed E-state index contributed by atoms with van der Waals surface area (Å²) in [5.74, 6) is 0.895. The van der Waals surface area contributed by atoms with Gasteiger partial charge in [-0.15, -0.1) is 0 Å². The van der Waals surface area contributed by atoms with E-state index in [-0.39, 0.29) is 0 Å². The maximum Gasteiger partial charge on any atom is 0.0399 e. The number of hydrogen-bond acceptors (Lipinski definition) is 3. The van der Waals surface area contributed by atoms with Gasteiger partial charge in [0.15, 0.2) is 0 Å². The Morgan fingerprint density at radius 2 is 2.11 bits per heavy atom. The predicted molar refractivity (Wildman–Crippen MR) is 74.9 cm³/mol. The highest BCUT2D eigenvalue weighted by molar-refractivity contribution is 5.46. The molecule has 0 bridgehead atoms. The standard InChI is InChI=1S/C15H23N3/c1-12-11-14(4-8-16-12)18-9-5-13(6-10-18)15-3-2-7-17-15/h4,8,11,13,15,17H,2-3,5-7,9-10H2,1H3. The molecular weight excluding hydrogens is 222 g/mol. The summed E-state index contributed by atoms with van der Waals surface area (Å²) in [6.45, 7) is 5.70. The van der Waals surface area contributed by atoms with Crippen LogP contribution in [0.1, 0.15) is 31.4 Å². The van der Waals surface area contributed by atoms with Crippen molar-refractivity contribution in [3.05, 3.63) is 24.0 Å². The average Bonchev–Trinajstić information content (AvgIpc) is 2.93. The van der Waals surface area contributed by atoms with Gasteiger partial charge in [-0.25, -0.2) is 0 Å². The molecule has 0 aliphatic carbocycles. The van der Waals surface area contributed by atoms with Crippen molar-refractivity contribution >= 4 is 5.69 Å². The maximum atomic E-state index is 4.28. The first-order valence-electron chi connectivity index (χ1n) is 7.24. The van der Waals surface area contributed by atoms with Gasteiger partial charge in [0, 0.05) is 36.7 Å². The van der Waals surface area contributed by atoms with Crippen LogP contribution in [0.2, 0.25) is 0 Å². The highest BCUT2D eigenvalue weighted by atomic mass is 15.1. The number of piperidine rings is 1. The normalized spacial score (nSPS) is 25.6. The molecule has 2 aliphatic heterocycles. The minimum atomic E-state index is 0.798. The van der Waals surface area contributed by atoms with E-state index >= 15 is 0 Å². The number of hydrogen-bond donors (Lipinski definition) is 1. The predicted octanol–water partition coefficient (Wildman–Crippen LogP) is 2.36. The summed E-state index contributed by atoms with van der Waals surface area (Å²) in [7, 11) is 0. The zero-order valence-corrected chi connectivity index (χ0v) is 11.2. The van der Waals surface area contributed by atoms with Crippen LogP contribution in [0, 0.1) is 12.8 Å². The molecule has 1 aromatic rings. The first-order valence-corrected chi connectivity index (χ1v) is 7.24. The largest absolute Gasteiger partial charge is 0.371 e. The Morgan fingerprint density at radius 3 is 2.78 bits per heavy atom. The number of pyridine rings is 1. The molecule has 0 amide bonds. The minimum Gasteiger partial charge on any atom is -0.371 e. The molecule has 2 aliphatic rings. The summed E-state index contributed by atoms with van der Waals surface area (Å²) < 4.78 is 0. The molecule has 2 saturated heterocycles. The van der Waals surface area contributed by atoms with E-state index in [4.69, 9.17) is 0 Å². The molecule has 0 saturated carbocycles. The van der Waals surface area contributed by atoms with Crippen LogP contribution in [0.4, 0.5) is 5.69 Å². The number of anilines is 1. The van der Waals surface area contributed by atoms with Gasteiger partial charge in [0.1, 0.15) is 0 Å². The number of rotatable bonds is 2. The van der Waals surface area contributed by atoms with Crippen molar-refractivity contribution in [1.29, 1.82) is 0 Å². The molecular formula is C15H23N3. The molecule has 3 heterocycles. The summed E-state index contributed by atoms with van der Waals surface area (Å²) >= 11 is 0. The zero-order chi connectivity index (χ0) is 12.4. The first kappa shape index (κ1) is 12.0. The van der Waals surface area contributed by atoms with Crippen LogP contribution >= 0.6 is 0 Å². The summed E-state index contributed by atoms with van der Waals surface area (Å²) in [6.07, 6.45) is 7.35. The van der Waals surface area contributed by atoms with Crippen LogP contribution in [-0.2, 0) is 0 Å². The van der Waals surface area contributed by atoms with Crippen LogP contribution in [0.3, 0.4) is 0 Å². The Kier molecular flexibility index (Phi) is 3.50. The van der Waals surface area contributed by atoms with Crippen molar-refractivity contribution in [1.82, 2.24) is 10.3 Å². The molecule has 1 unspecified atom stereocenters. The highest BCUT2D eigenvalue weighted by Crippen LogP contribution is 2.28. The van der Waals surface area contributed by atoms with Crippen LogP contribution in [0.5, 0.6) is 0 Å². The van der Waals surface area contributed by atoms with E-state index in [9.17, 15) is 0 Å². The fourth-order valence-electron chi connectivity index (χ4n) is 3.40. The van der Waals surface area contributed by atoms with Crippen molar-refractivity contribution in [2.24, 2.45) is 5.92 Å². The molecule has 3 heteroatoms. The van der Waals surface area contributed by atoms with Crippen molar-refractivity contribution in [2.45, 2.75) is 38.6 Å². The fourth-order valence-corrected chi connectivity index (χ4v) is 3.40. The van der Waals surface area contributed by atoms with E-state index in [1.54, 1.807) is 0 Å². The molecule has 0 radical (unpaired) electrons. The quantitative estimate of drug-likeness (QED) is 0.867. The van der Waals surface area contributed by atoms with Gasteiger partial charge in [0.05, 0.1) is 0 Å². The van der Waals surface area contributed by atoms with Gasteiger partial charge in [-0.1, -0.05) is 0 Å². The maximum absolute atomic E-state index is 4.28. The molecule has 1 aromatic heterocycles. The minimum absolute atomic E-state index is 0.798. The lowest BCUT2D eigenvalue weighted by molar-refractivity contribution is 0.319. The van der Waals surface area contributed by atoms with Gasteiger partial charge >= 0.3 is 0 Å². The van der Waals surface area contributed by atoms with Gasteiger partial charge in [0.2, 0.25) is 0 Å². The molecule has 1 atom stereocenters. The van der Waals surface area contributed by atoms with E-state index in [0.29, 0.717) is 0 Å². The van der Waals surface area contributed by atoms with Crippen LogP contribution in [0.25, 0.3) is 0 Å². The Balaban J connectivity index is 1.59. The lowest BCUT2D eigenvalue weighted by Crippen LogP contribution is -2.40. The van der Waals surface area contributed by atoms with Crippen molar-refractivity contribution in [3.63, 3.8) is 0 Å². The summed E-state index contributed by atoms with van der Waals surface area (Å²) in [4.78, 5) is 6.79. The fraction of sp³-hybridized carbons (Fsp3) is 0.667. The lowest BCUT2D eigenvalue weighted by Gasteiger charge is -2.36. The molecule has 18 heavy (non-hydrogen) atoms. The number of aromatic nitrogens is 1. The van der Waals surface area contributed by atoms with Gasteiger partial charge in [-0.2, -0.15) is 0 Å². The van der Waals surface area contributed by atoms with Crippen LogP contribution in [-0.4, -0.2) is 30.7 Å². The monoisotopic (exact) mass is 245 g/mol. The highest BCUT2D eigenvalue weighted by Gasteiger charge is 2.28. The lowest BCUT2D eigenvalue weighted by atomic mass is 9.88. The molecule has 0 aromatic carbocycles. The number of nitrogens with zero attached hydrogens (tertiary/aromatic N) is 2. The van der Waals surface area contributed by atoms with E-state index < -0.39 is 0 Å². The van der Waals surface area contributed by atoms with Crippen molar-refractivity contribution in [3.8, 4) is 0 Å².